The van der Waals surface area contributed by atoms with E-state index in [1.807, 2.05) is 0 Å². The fourth-order valence-electron chi connectivity index (χ4n) is 3.94. The number of methoxy groups -OCH3 is 1. The molecule has 0 aliphatic heterocycles. The maximum absolute atomic E-state index is 12.7. The van der Waals surface area contributed by atoms with Crippen LogP contribution in [0.3, 0.4) is 0 Å². The van der Waals surface area contributed by atoms with E-state index in [-0.39, 0.29) is 40.5 Å². The summed E-state index contributed by atoms with van der Waals surface area (Å²) in [6.07, 6.45) is 1.50. The Morgan fingerprint density at radius 1 is 1.12 bits per heavy atom. The van der Waals surface area contributed by atoms with Crippen LogP contribution in [0.15, 0.2) is 30.3 Å². The maximum Gasteiger partial charge on any atom is 0.277 e. The Morgan fingerprint density at radius 2 is 1.83 bits per heavy atom. The van der Waals surface area contributed by atoms with Crippen LogP contribution >= 0.6 is 0 Å². The fourth-order valence-corrected chi connectivity index (χ4v) is 3.94. The van der Waals surface area contributed by atoms with Gasteiger partial charge in [-0.3, -0.25) is 19.1 Å². The highest BCUT2D eigenvalue weighted by molar-refractivity contribution is 6.15. The first-order chi connectivity index (χ1) is 19.9. The minimum absolute atomic E-state index is 0.00781. The van der Waals surface area contributed by atoms with Crippen molar-refractivity contribution in [1.29, 1.82) is 0 Å². The molecule has 8 N–H and O–H groups in total. The second-order valence-corrected chi connectivity index (χ2v) is 9.52. The van der Waals surface area contributed by atoms with Crippen molar-refractivity contribution < 1.29 is 39.5 Å². The molecule has 2 radical (unpaired) electrons. The number of ether oxygens (including phenoxy) is 1. The summed E-state index contributed by atoms with van der Waals surface area (Å²) in [4.78, 5) is 37.7. The number of aliphatic hydroxyl groups is 4. The standard InChI is InChI=1S/C25H29BN8O8/c1-34-18(23(38)27-13(10-35)11-36)8-16(33-34)14-4-3-5-15(21(14)42-2)28-17-9-19(29-22(37)12-6-7-12)31-32-20(17)24(39)30-25(26,40)41/h3-5,8-9,12-13,35-36,40-41H,6-7,10-11H2,1-2H3,(H,27,38)(H,30,39)(H2,28,29,31,37). The van der Waals surface area contributed by atoms with Crippen LogP contribution in [-0.2, 0) is 11.8 Å². The van der Waals surface area contributed by atoms with Crippen molar-refractivity contribution >= 4 is 42.8 Å². The second kappa shape index (κ2) is 12.5. The van der Waals surface area contributed by atoms with Gasteiger partial charge >= 0.3 is 0 Å². The normalized spacial score (nSPS) is 13.0. The van der Waals surface area contributed by atoms with Gasteiger partial charge in [-0.05, 0) is 31.0 Å². The minimum atomic E-state index is -3.04. The molecular weight excluding hydrogens is 551 g/mol. The number of para-hydroxylation sites is 1. The van der Waals surface area contributed by atoms with Crippen LogP contribution in [-0.4, -0.2) is 98.1 Å². The van der Waals surface area contributed by atoms with Crippen molar-refractivity contribution in [3.05, 3.63) is 41.7 Å². The minimum Gasteiger partial charge on any atom is -0.494 e. The summed E-state index contributed by atoms with van der Waals surface area (Å²) in [7, 11) is 8.03. The molecule has 220 valence electrons. The first kappa shape index (κ1) is 30.4. The average Bonchev–Trinajstić information content (AvgIpc) is 3.72. The number of hydrogen-bond donors (Lipinski definition) is 8. The van der Waals surface area contributed by atoms with E-state index in [9.17, 15) is 34.8 Å². The quantitative estimate of drug-likeness (QED) is 0.0909. The number of aromatic nitrogens is 4. The van der Waals surface area contributed by atoms with Gasteiger partial charge in [-0.25, -0.2) is 0 Å². The molecule has 0 bridgehead atoms. The molecule has 2 aromatic heterocycles. The van der Waals surface area contributed by atoms with Crippen LogP contribution in [0.5, 0.6) is 5.75 Å². The van der Waals surface area contributed by atoms with Gasteiger partial charge in [0.15, 0.2) is 30.9 Å². The molecule has 1 aliphatic rings. The number of nitrogens with one attached hydrogen (secondary N) is 4. The summed E-state index contributed by atoms with van der Waals surface area (Å²) in [5, 5.41) is 59.5. The summed E-state index contributed by atoms with van der Waals surface area (Å²) >= 11 is 0. The molecule has 3 amide bonds. The molecule has 0 spiro atoms. The van der Waals surface area contributed by atoms with Crippen LogP contribution in [0, 0.1) is 5.92 Å². The number of nitrogens with zero attached hydrogens (tertiary/aromatic N) is 4. The number of carbonyl (C=O) groups excluding carboxylic acids is 3. The van der Waals surface area contributed by atoms with E-state index in [0.29, 0.717) is 16.9 Å². The summed E-state index contributed by atoms with van der Waals surface area (Å²) in [6, 6.07) is 6.92. The van der Waals surface area contributed by atoms with Crippen molar-refractivity contribution in [2.24, 2.45) is 13.0 Å². The Bertz CT molecular complexity index is 1480. The molecule has 0 unspecified atom stereocenters. The molecule has 4 rings (SSSR count). The molecule has 1 aromatic carbocycles. The summed E-state index contributed by atoms with van der Waals surface area (Å²) < 4.78 is 6.97. The van der Waals surface area contributed by atoms with Crippen molar-refractivity contribution in [3.63, 3.8) is 0 Å². The molecule has 42 heavy (non-hydrogen) atoms. The van der Waals surface area contributed by atoms with Gasteiger partial charge in [0, 0.05) is 24.6 Å². The number of amides is 3. The lowest BCUT2D eigenvalue weighted by Crippen LogP contribution is -2.49. The number of carbonyl (C=O) groups is 3. The Kier molecular flexibility index (Phi) is 9.06. The third-order valence-corrected chi connectivity index (χ3v) is 6.16. The number of hydrogen-bond acceptors (Lipinski definition) is 12. The first-order valence-electron chi connectivity index (χ1n) is 12.7. The van der Waals surface area contributed by atoms with Gasteiger partial charge in [0.05, 0.1) is 43.4 Å². The van der Waals surface area contributed by atoms with E-state index in [2.05, 4.69) is 31.2 Å². The number of aliphatic hydroxyl groups excluding tert-OH is 2. The van der Waals surface area contributed by atoms with Gasteiger partial charge in [0.2, 0.25) is 5.91 Å². The molecule has 0 atom stereocenters. The molecule has 1 aliphatic carbocycles. The molecule has 3 aromatic rings. The molecule has 1 fully saturated rings. The zero-order chi connectivity index (χ0) is 30.6. The van der Waals surface area contributed by atoms with Crippen LogP contribution in [0.25, 0.3) is 11.3 Å². The fraction of sp³-hybridized carbons (Fsp3) is 0.360. The summed E-state index contributed by atoms with van der Waals surface area (Å²) in [5.41, 5.74) is 0.853. The van der Waals surface area contributed by atoms with Crippen LogP contribution in [0.4, 0.5) is 17.2 Å². The smallest absolute Gasteiger partial charge is 0.277 e. The first-order valence-corrected chi connectivity index (χ1v) is 12.7. The molecule has 17 heteroatoms. The van der Waals surface area contributed by atoms with Crippen molar-refractivity contribution in [2.45, 2.75) is 24.7 Å². The molecule has 1 saturated carbocycles. The Morgan fingerprint density at radius 3 is 2.45 bits per heavy atom. The van der Waals surface area contributed by atoms with Crippen molar-refractivity contribution in [2.75, 3.05) is 31.0 Å². The maximum atomic E-state index is 12.7. The summed E-state index contributed by atoms with van der Waals surface area (Å²) in [6.45, 7) is -0.902. The predicted molar refractivity (Wildman–Crippen MR) is 148 cm³/mol. The lowest BCUT2D eigenvalue weighted by molar-refractivity contribution is -0.117. The highest BCUT2D eigenvalue weighted by Gasteiger charge is 2.30. The molecular formula is C25H29BN8O8. The van der Waals surface area contributed by atoms with Crippen LogP contribution in [0.2, 0.25) is 0 Å². The van der Waals surface area contributed by atoms with Gasteiger partial charge in [0.25, 0.3) is 11.8 Å². The second-order valence-electron chi connectivity index (χ2n) is 9.52. The lowest BCUT2D eigenvalue weighted by Gasteiger charge is -2.20. The average molecular weight is 580 g/mol. The number of aryl methyl sites for hydroxylation is 1. The number of anilines is 3. The zero-order valence-electron chi connectivity index (χ0n) is 22.7. The SMILES string of the molecule is [B]C(O)(O)NC(=O)c1nnc(NC(=O)C2CC2)cc1Nc1cccc(-c2cc(C(=O)NC(CO)CO)n(C)n2)c1OC. The third-order valence-electron chi connectivity index (χ3n) is 6.16. The molecule has 0 saturated heterocycles. The van der Waals surface area contributed by atoms with E-state index in [0.717, 1.165) is 12.8 Å². The van der Waals surface area contributed by atoms with E-state index >= 15 is 0 Å². The van der Waals surface area contributed by atoms with E-state index < -0.39 is 36.9 Å². The van der Waals surface area contributed by atoms with Crippen LogP contribution in [0.1, 0.15) is 33.8 Å². The lowest BCUT2D eigenvalue weighted by atomic mass is 10.0. The third kappa shape index (κ3) is 7.19. The number of benzene rings is 1. The Balaban J connectivity index is 1.70. The Labute approximate surface area is 240 Å². The van der Waals surface area contributed by atoms with Gasteiger partial charge in [-0.2, -0.15) is 5.10 Å². The van der Waals surface area contributed by atoms with E-state index in [1.165, 1.54) is 23.9 Å². The van der Waals surface area contributed by atoms with Crippen molar-refractivity contribution in [3.8, 4) is 17.0 Å². The van der Waals surface area contributed by atoms with E-state index in [1.54, 1.807) is 30.6 Å². The van der Waals surface area contributed by atoms with Gasteiger partial charge in [0.1, 0.15) is 5.69 Å². The van der Waals surface area contributed by atoms with Crippen LogP contribution < -0.4 is 26.0 Å². The number of rotatable bonds is 12. The van der Waals surface area contributed by atoms with Gasteiger partial charge in [-0.1, -0.05) is 6.07 Å². The highest BCUT2D eigenvalue weighted by atomic mass is 16.5. The highest BCUT2D eigenvalue weighted by Crippen LogP contribution is 2.38. The molecule has 16 nitrogen and oxygen atoms in total. The largest absolute Gasteiger partial charge is 0.494 e. The zero-order valence-corrected chi connectivity index (χ0v) is 22.7. The van der Waals surface area contributed by atoms with Gasteiger partial charge < -0.3 is 46.4 Å². The predicted octanol–water partition coefficient (Wildman–Crippen LogP) is -1.44. The molecule has 2 heterocycles. The van der Waals surface area contributed by atoms with Crippen molar-refractivity contribution in [1.82, 2.24) is 30.6 Å². The monoisotopic (exact) mass is 580 g/mol. The van der Waals surface area contributed by atoms with E-state index in [4.69, 9.17) is 12.6 Å². The Hall–Kier alpha value is -4.58. The summed E-state index contributed by atoms with van der Waals surface area (Å²) in [5.74, 6) is -4.79. The van der Waals surface area contributed by atoms with Gasteiger partial charge in [-0.15, -0.1) is 10.2 Å². The topological polar surface area (TPSA) is 233 Å².